The molecule has 2 aromatic rings. The standard InChI is InChI=1S/C17H9Cl3N2O3/c18-10-3-5-12(6-4-10)22-16(24)13(15(23)21-17(22)25)7-9-1-2-11(19)8-14(9)20/h1-8H,(H,21,23,25)/b13-7-. The van der Waals surface area contributed by atoms with Crippen LogP contribution in [-0.2, 0) is 9.59 Å². The maximum absolute atomic E-state index is 12.7. The van der Waals surface area contributed by atoms with Crippen LogP contribution >= 0.6 is 34.8 Å². The summed E-state index contributed by atoms with van der Waals surface area (Å²) in [6.45, 7) is 0. The fourth-order valence-corrected chi connectivity index (χ4v) is 2.85. The number of nitrogens with zero attached hydrogens (tertiary/aromatic N) is 1. The highest BCUT2D eigenvalue weighted by molar-refractivity contribution is 6.40. The van der Waals surface area contributed by atoms with Gasteiger partial charge in [0.05, 0.1) is 5.69 Å². The first kappa shape index (κ1) is 17.5. The minimum Gasteiger partial charge on any atom is -0.273 e. The van der Waals surface area contributed by atoms with Gasteiger partial charge in [0.1, 0.15) is 5.57 Å². The maximum atomic E-state index is 12.7. The number of hydrogen-bond acceptors (Lipinski definition) is 3. The van der Waals surface area contributed by atoms with Crippen molar-refractivity contribution < 1.29 is 14.4 Å². The summed E-state index contributed by atoms with van der Waals surface area (Å²) in [6.07, 6.45) is 1.31. The van der Waals surface area contributed by atoms with E-state index in [9.17, 15) is 14.4 Å². The van der Waals surface area contributed by atoms with Crippen molar-refractivity contribution in [1.82, 2.24) is 5.32 Å². The third kappa shape index (κ3) is 3.54. The highest BCUT2D eigenvalue weighted by atomic mass is 35.5. The first-order valence-corrected chi connectivity index (χ1v) is 8.12. The molecule has 1 saturated heterocycles. The minimum absolute atomic E-state index is 0.223. The smallest absolute Gasteiger partial charge is 0.273 e. The van der Waals surface area contributed by atoms with E-state index in [0.29, 0.717) is 15.6 Å². The quantitative estimate of drug-likeness (QED) is 0.608. The molecular formula is C17H9Cl3N2O3. The van der Waals surface area contributed by atoms with Crippen molar-refractivity contribution in [2.75, 3.05) is 4.90 Å². The Morgan fingerprint density at radius 1 is 0.880 bits per heavy atom. The highest BCUT2D eigenvalue weighted by Gasteiger charge is 2.36. The van der Waals surface area contributed by atoms with Crippen LogP contribution in [0.15, 0.2) is 48.0 Å². The molecule has 0 bridgehead atoms. The van der Waals surface area contributed by atoms with E-state index in [1.54, 1.807) is 12.1 Å². The van der Waals surface area contributed by atoms with Crippen LogP contribution in [0.5, 0.6) is 0 Å². The van der Waals surface area contributed by atoms with Crippen molar-refractivity contribution >= 4 is 64.4 Å². The number of hydrogen-bond donors (Lipinski definition) is 1. The molecule has 0 aromatic heterocycles. The van der Waals surface area contributed by atoms with Crippen molar-refractivity contribution in [1.29, 1.82) is 0 Å². The molecular weight excluding hydrogens is 387 g/mol. The number of barbiturate groups is 1. The largest absolute Gasteiger partial charge is 0.335 e. The summed E-state index contributed by atoms with van der Waals surface area (Å²) in [7, 11) is 0. The summed E-state index contributed by atoms with van der Waals surface area (Å²) >= 11 is 17.7. The minimum atomic E-state index is -0.836. The van der Waals surface area contributed by atoms with Crippen LogP contribution in [0.25, 0.3) is 6.08 Å². The molecule has 126 valence electrons. The van der Waals surface area contributed by atoms with Crippen LogP contribution in [0.4, 0.5) is 10.5 Å². The van der Waals surface area contributed by atoms with Crippen molar-refractivity contribution in [2.45, 2.75) is 0 Å². The number of carbonyl (C=O) groups excluding carboxylic acids is 3. The number of anilines is 1. The van der Waals surface area contributed by atoms with E-state index in [1.165, 1.54) is 36.4 Å². The van der Waals surface area contributed by atoms with E-state index in [0.717, 1.165) is 4.90 Å². The Balaban J connectivity index is 2.03. The zero-order chi connectivity index (χ0) is 18.1. The van der Waals surface area contributed by atoms with E-state index in [2.05, 4.69) is 5.32 Å². The molecule has 3 rings (SSSR count). The number of benzene rings is 2. The van der Waals surface area contributed by atoms with Gasteiger partial charge in [0.15, 0.2) is 0 Å². The number of rotatable bonds is 2. The van der Waals surface area contributed by atoms with Gasteiger partial charge in [0.25, 0.3) is 11.8 Å². The molecule has 0 radical (unpaired) electrons. The normalized spacial score (nSPS) is 16.4. The second-order valence-corrected chi connectivity index (χ2v) is 6.38. The Morgan fingerprint density at radius 2 is 1.52 bits per heavy atom. The molecule has 25 heavy (non-hydrogen) atoms. The van der Waals surface area contributed by atoms with Gasteiger partial charge in [0.2, 0.25) is 0 Å². The van der Waals surface area contributed by atoms with Crippen molar-refractivity contribution in [3.05, 3.63) is 68.7 Å². The number of nitrogens with one attached hydrogen (secondary N) is 1. The Morgan fingerprint density at radius 3 is 2.16 bits per heavy atom. The van der Waals surface area contributed by atoms with Gasteiger partial charge < -0.3 is 0 Å². The number of carbonyl (C=O) groups is 3. The number of urea groups is 1. The maximum Gasteiger partial charge on any atom is 0.335 e. The van der Waals surface area contributed by atoms with Gasteiger partial charge in [-0.3, -0.25) is 14.9 Å². The van der Waals surface area contributed by atoms with E-state index in [-0.39, 0.29) is 16.3 Å². The highest BCUT2D eigenvalue weighted by Crippen LogP contribution is 2.26. The molecule has 0 spiro atoms. The van der Waals surface area contributed by atoms with Gasteiger partial charge in [-0.25, -0.2) is 9.69 Å². The van der Waals surface area contributed by atoms with Gasteiger partial charge >= 0.3 is 6.03 Å². The summed E-state index contributed by atoms with van der Waals surface area (Å²) < 4.78 is 0. The number of imide groups is 2. The second kappa shape index (κ2) is 6.88. The lowest BCUT2D eigenvalue weighted by Crippen LogP contribution is -2.54. The van der Waals surface area contributed by atoms with Gasteiger partial charge in [-0.15, -0.1) is 0 Å². The average molecular weight is 396 g/mol. The Hall–Kier alpha value is -2.34. The molecule has 0 saturated carbocycles. The van der Waals surface area contributed by atoms with Crippen LogP contribution in [0.3, 0.4) is 0 Å². The fourth-order valence-electron chi connectivity index (χ4n) is 2.26. The van der Waals surface area contributed by atoms with Crippen LogP contribution in [0, 0.1) is 0 Å². The molecule has 1 fully saturated rings. The lowest BCUT2D eigenvalue weighted by molar-refractivity contribution is -0.122. The van der Waals surface area contributed by atoms with Gasteiger partial charge in [-0.1, -0.05) is 40.9 Å². The van der Waals surface area contributed by atoms with E-state index in [4.69, 9.17) is 34.8 Å². The first-order valence-electron chi connectivity index (χ1n) is 6.99. The summed E-state index contributed by atoms with van der Waals surface area (Å²) in [4.78, 5) is 37.7. The lowest BCUT2D eigenvalue weighted by Gasteiger charge is -2.26. The molecule has 2 aromatic carbocycles. The number of halogens is 3. The average Bonchev–Trinajstić information content (AvgIpc) is 2.55. The zero-order valence-electron chi connectivity index (χ0n) is 12.4. The monoisotopic (exact) mass is 394 g/mol. The van der Waals surface area contributed by atoms with E-state index in [1.807, 2.05) is 0 Å². The molecule has 1 aliphatic rings. The summed E-state index contributed by atoms with van der Waals surface area (Å²) in [5.74, 6) is -1.56. The van der Waals surface area contributed by atoms with Crippen LogP contribution in [0.2, 0.25) is 15.1 Å². The molecule has 1 N–H and O–H groups in total. The van der Waals surface area contributed by atoms with Crippen LogP contribution < -0.4 is 10.2 Å². The fraction of sp³-hybridized carbons (Fsp3) is 0. The van der Waals surface area contributed by atoms with Gasteiger partial charge in [-0.05, 0) is 48.0 Å². The van der Waals surface area contributed by atoms with Crippen LogP contribution in [-0.4, -0.2) is 17.8 Å². The van der Waals surface area contributed by atoms with Crippen molar-refractivity contribution in [2.24, 2.45) is 0 Å². The predicted molar refractivity (Wildman–Crippen MR) is 96.9 cm³/mol. The Labute approximate surface area is 157 Å². The molecule has 0 aliphatic carbocycles. The summed E-state index contributed by atoms with van der Waals surface area (Å²) in [5, 5.41) is 3.28. The van der Waals surface area contributed by atoms with Crippen molar-refractivity contribution in [3.63, 3.8) is 0 Å². The van der Waals surface area contributed by atoms with Gasteiger partial charge in [-0.2, -0.15) is 0 Å². The molecule has 8 heteroatoms. The Bertz CT molecular complexity index is 923. The second-order valence-electron chi connectivity index (χ2n) is 5.10. The topological polar surface area (TPSA) is 66.5 Å². The third-order valence-electron chi connectivity index (χ3n) is 3.45. The molecule has 1 aliphatic heterocycles. The molecule has 0 atom stereocenters. The zero-order valence-corrected chi connectivity index (χ0v) is 14.7. The first-order chi connectivity index (χ1) is 11.9. The SMILES string of the molecule is O=C1NC(=O)N(c2ccc(Cl)cc2)C(=O)/C1=C\c1ccc(Cl)cc1Cl. The summed E-state index contributed by atoms with van der Waals surface area (Å²) in [5.41, 5.74) is 0.487. The molecule has 4 amide bonds. The van der Waals surface area contributed by atoms with Crippen molar-refractivity contribution in [3.8, 4) is 0 Å². The molecule has 0 unspecified atom stereocenters. The van der Waals surface area contributed by atoms with Crippen LogP contribution in [0.1, 0.15) is 5.56 Å². The Kier molecular flexibility index (Phi) is 4.81. The van der Waals surface area contributed by atoms with E-state index < -0.39 is 17.8 Å². The van der Waals surface area contributed by atoms with Gasteiger partial charge in [0, 0.05) is 15.1 Å². The third-order valence-corrected chi connectivity index (χ3v) is 4.26. The number of amides is 4. The van der Waals surface area contributed by atoms with E-state index >= 15 is 0 Å². The lowest BCUT2D eigenvalue weighted by atomic mass is 10.1. The summed E-state index contributed by atoms with van der Waals surface area (Å²) in [6, 6.07) is 9.87. The molecule has 5 nitrogen and oxygen atoms in total. The molecule has 1 heterocycles. The predicted octanol–water partition coefficient (Wildman–Crippen LogP) is 4.31.